The van der Waals surface area contributed by atoms with Crippen LogP contribution in [-0.2, 0) is 14.2 Å². The molecule has 0 unspecified atom stereocenters. The number of hydrogen-bond donors (Lipinski definition) is 2. The Bertz CT molecular complexity index is 2410. The van der Waals surface area contributed by atoms with Crippen LogP contribution in [0.3, 0.4) is 0 Å². The van der Waals surface area contributed by atoms with Gasteiger partial charge in [0.2, 0.25) is 0 Å². The lowest BCUT2D eigenvalue weighted by Crippen LogP contribution is -2.33. The molecule has 0 spiro atoms. The van der Waals surface area contributed by atoms with E-state index in [1.807, 2.05) is 72.8 Å². The van der Waals surface area contributed by atoms with Crippen LogP contribution in [0.4, 0.5) is 9.59 Å². The van der Waals surface area contributed by atoms with Gasteiger partial charge in [0, 0.05) is 23.9 Å². The summed E-state index contributed by atoms with van der Waals surface area (Å²) >= 11 is 0. The van der Waals surface area contributed by atoms with Crippen molar-refractivity contribution >= 4 is 24.0 Å². The monoisotopic (exact) mass is 787 g/mol. The second-order valence-electron chi connectivity index (χ2n) is 13.9. The molecule has 59 heavy (non-hydrogen) atoms. The highest BCUT2D eigenvalue weighted by atomic mass is 16.6. The lowest BCUT2D eigenvalue weighted by Gasteiger charge is -2.16. The highest BCUT2D eigenvalue weighted by Crippen LogP contribution is 2.45. The molecule has 0 aromatic heterocycles. The fourth-order valence-corrected chi connectivity index (χ4v) is 7.55. The van der Waals surface area contributed by atoms with Crippen molar-refractivity contribution in [2.24, 2.45) is 10.7 Å². The molecular weight excluding hydrogens is 747 g/mol. The van der Waals surface area contributed by atoms with Crippen LogP contribution in [0.2, 0.25) is 0 Å². The van der Waals surface area contributed by atoms with Gasteiger partial charge >= 0.3 is 18.2 Å². The number of esters is 1. The van der Waals surface area contributed by atoms with Gasteiger partial charge in [-0.05, 0) is 93.0 Å². The number of rotatable bonds is 13. The zero-order valence-corrected chi connectivity index (χ0v) is 32.0. The molecule has 2 aliphatic rings. The van der Waals surface area contributed by atoms with Crippen LogP contribution in [0.5, 0.6) is 11.5 Å². The Labute approximate surface area is 341 Å². The average Bonchev–Trinajstić information content (AvgIpc) is 3.77. The average molecular weight is 788 g/mol. The fraction of sp³-hybridized carbons (Fsp3) is 0.167. The number of carbonyl (C=O) groups excluding carboxylic acids is 3. The highest BCUT2D eigenvalue weighted by molar-refractivity contribution is 6.10. The van der Waals surface area contributed by atoms with Crippen LogP contribution in [0.1, 0.15) is 50.0 Å². The van der Waals surface area contributed by atoms with Crippen molar-refractivity contribution < 1.29 is 38.1 Å². The van der Waals surface area contributed by atoms with Crippen molar-refractivity contribution in [3.63, 3.8) is 0 Å². The van der Waals surface area contributed by atoms with Crippen LogP contribution < -0.4 is 20.5 Å². The van der Waals surface area contributed by atoms with Crippen LogP contribution in [0, 0.1) is 0 Å². The van der Waals surface area contributed by atoms with Crippen molar-refractivity contribution in [1.82, 2.24) is 5.32 Å². The fourth-order valence-electron chi connectivity index (χ4n) is 7.55. The Kier molecular flexibility index (Phi) is 11.8. The second kappa shape index (κ2) is 18.0. The van der Waals surface area contributed by atoms with Crippen LogP contribution >= 0.6 is 0 Å². The number of hydrogen-bond acceptors (Lipinski definition) is 9. The Morgan fingerprint density at radius 2 is 1.02 bits per heavy atom. The summed E-state index contributed by atoms with van der Waals surface area (Å²) < 4.78 is 28.1. The molecule has 3 N–H and O–H groups in total. The maximum absolute atomic E-state index is 13.5. The van der Waals surface area contributed by atoms with Crippen LogP contribution in [0.15, 0.2) is 151 Å². The number of amidine groups is 1. The third-order valence-electron chi connectivity index (χ3n) is 10.3. The minimum absolute atomic E-state index is 0.0415. The van der Waals surface area contributed by atoms with E-state index < -0.39 is 18.2 Å². The van der Waals surface area contributed by atoms with E-state index in [9.17, 15) is 14.4 Å². The molecule has 0 bridgehead atoms. The zero-order chi connectivity index (χ0) is 40.6. The summed E-state index contributed by atoms with van der Waals surface area (Å²) in [7, 11) is 0. The molecule has 0 heterocycles. The van der Waals surface area contributed by atoms with Crippen molar-refractivity contribution in [3.8, 4) is 33.8 Å². The molecule has 0 aliphatic heterocycles. The first-order chi connectivity index (χ1) is 29.0. The molecule has 0 saturated carbocycles. The largest absolute Gasteiger partial charge is 0.491 e. The number of nitrogens with one attached hydrogen (secondary N) is 1. The summed E-state index contributed by atoms with van der Waals surface area (Å²) in [6.45, 7) is 1.74. The first-order valence-electron chi connectivity index (χ1n) is 19.4. The number of aliphatic imine (C=N–C) groups is 1. The van der Waals surface area contributed by atoms with E-state index in [0.29, 0.717) is 43.2 Å². The van der Waals surface area contributed by atoms with Crippen molar-refractivity contribution in [2.45, 2.75) is 11.8 Å². The highest BCUT2D eigenvalue weighted by Gasteiger charge is 2.31. The van der Waals surface area contributed by atoms with Gasteiger partial charge in [0.05, 0.1) is 18.8 Å². The molecule has 11 heteroatoms. The smallest absolute Gasteiger partial charge is 0.435 e. The van der Waals surface area contributed by atoms with Crippen molar-refractivity contribution in [1.29, 1.82) is 0 Å². The maximum Gasteiger partial charge on any atom is 0.435 e. The maximum atomic E-state index is 13.5. The molecule has 296 valence electrons. The SMILES string of the molecule is NCCOCCOc1ccc(C(=O)Oc2ccc(/C(=N\C(=O)OCC3c4ccccc4-c4ccccc43)NC(=O)OCC3c4ccccc4-c4ccccc43)cc2)cc1. The standard InChI is InChI=1S/C48H41N3O8/c49-25-26-55-27-28-56-33-21-19-32(20-22-33)46(52)59-34-23-17-31(18-24-34)45(50-47(53)57-29-43-39-13-5-1-9-35(39)36-10-2-6-14-40(36)43)51-48(54)58-30-44-41-15-7-3-11-37(41)38-12-4-8-16-42(38)44/h1-24,43-44H,25-30,49H2,(H,50,51,53,54). The van der Waals surface area contributed by atoms with E-state index in [2.05, 4.69) is 34.6 Å². The van der Waals surface area contributed by atoms with Gasteiger partial charge in [0.1, 0.15) is 37.2 Å². The number of amides is 2. The Hall–Kier alpha value is -7.08. The predicted molar refractivity (Wildman–Crippen MR) is 223 cm³/mol. The van der Waals surface area contributed by atoms with Crippen molar-refractivity contribution in [3.05, 3.63) is 179 Å². The van der Waals surface area contributed by atoms with Crippen LogP contribution in [0.25, 0.3) is 22.3 Å². The number of fused-ring (bicyclic) bond motifs is 6. The molecule has 2 amide bonds. The summed E-state index contributed by atoms with van der Waals surface area (Å²) in [5, 5.41) is 2.67. The van der Waals surface area contributed by atoms with E-state index >= 15 is 0 Å². The summed E-state index contributed by atoms with van der Waals surface area (Å²) in [6, 6.07) is 44.9. The molecule has 11 nitrogen and oxygen atoms in total. The molecule has 8 rings (SSSR count). The Morgan fingerprint density at radius 1 is 0.542 bits per heavy atom. The van der Waals surface area contributed by atoms with E-state index in [-0.39, 0.29) is 36.6 Å². The number of ether oxygens (including phenoxy) is 5. The lowest BCUT2D eigenvalue weighted by molar-refractivity contribution is 0.0734. The van der Waals surface area contributed by atoms with Gasteiger partial charge in [-0.3, -0.25) is 5.32 Å². The quantitative estimate of drug-likeness (QED) is 0.0387. The van der Waals surface area contributed by atoms with Gasteiger partial charge in [-0.15, -0.1) is 0 Å². The number of alkyl carbamates (subject to hydrolysis) is 1. The minimum atomic E-state index is -0.896. The van der Waals surface area contributed by atoms with E-state index in [4.69, 9.17) is 29.4 Å². The summed E-state index contributed by atoms with van der Waals surface area (Å²) in [4.78, 5) is 44.1. The minimum Gasteiger partial charge on any atom is -0.491 e. The third kappa shape index (κ3) is 8.76. The zero-order valence-electron chi connectivity index (χ0n) is 32.0. The number of nitrogens with two attached hydrogens (primary N) is 1. The summed E-state index contributed by atoms with van der Waals surface area (Å²) in [5.41, 5.74) is 14.7. The van der Waals surface area contributed by atoms with Gasteiger partial charge in [0.25, 0.3) is 0 Å². The van der Waals surface area contributed by atoms with Gasteiger partial charge in [-0.1, -0.05) is 97.1 Å². The molecule has 0 saturated heterocycles. The molecule has 6 aromatic carbocycles. The number of nitrogens with zero attached hydrogens (tertiary/aromatic N) is 1. The molecule has 0 atom stereocenters. The molecule has 0 fully saturated rings. The van der Waals surface area contributed by atoms with Gasteiger partial charge in [0.15, 0.2) is 0 Å². The van der Waals surface area contributed by atoms with E-state index in [1.54, 1.807) is 48.5 Å². The molecular formula is C48H41N3O8. The number of carbonyl (C=O) groups is 3. The molecule has 0 radical (unpaired) electrons. The first-order valence-corrected chi connectivity index (χ1v) is 19.4. The summed E-state index contributed by atoms with van der Waals surface area (Å²) in [5.74, 6) is -0.221. The van der Waals surface area contributed by atoms with Gasteiger partial charge in [-0.2, -0.15) is 4.99 Å². The molecule has 6 aromatic rings. The van der Waals surface area contributed by atoms with Crippen LogP contribution in [-0.4, -0.2) is 63.6 Å². The van der Waals surface area contributed by atoms with Gasteiger partial charge < -0.3 is 29.4 Å². The molecule has 2 aliphatic carbocycles. The normalized spacial score (nSPS) is 12.8. The Balaban J connectivity index is 0.965. The van der Waals surface area contributed by atoms with Gasteiger partial charge in [-0.25, -0.2) is 14.4 Å². The lowest BCUT2D eigenvalue weighted by atomic mass is 9.98. The van der Waals surface area contributed by atoms with E-state index in [0.717, 1.165) is 44.5 Å². The summed E-state index contributed by atoms with van der Waals surface area (Å²) in [6.07, 6.45) is -1.70. The van der Waals surface area contributed by atoms with E-state index in [1.165, 1.54) is 0 Å². The second-order valence-corrected chi connectivity index (χ2v) is 13.9. The number of benzene rings is 6. The predicted octanol–water partition coefficient (Wildman–Crippen LogP) is 8.49. The van der Waals surface area contributed by atoms with Crippen molar-refractivity contribution in [2.75, 3.05) is 39.6 Å². The third-order valence-corrected chi connectivity index (χ3v) is 10.3. The first kappa shape index (κ1) is 38.8. The topological polar surface area (TPSA) is 148 Å². The Morgan fingerprint density at radius 3 is 1.54 bits per heavy atom.